The molecule has 0 spiro atoms. The first-order valence-electron chi connectivity index (χ1n) is 10.6. The molecule has 0 unspecified atom stereocenters. The fourth-order valence-corrected chi connectivity index (χ4v) is 3.86. The molecule has 0 amide bonds. The molecule has 158 valence electrons. The Hall–Kier alpha value is -4.20. The summed E-state index contributed by atoms with van der Waals surface area (Å²) >= 11 is 0. The number of aromatic nitrogens is 3. The molecule has 0 bridgehead atoms. The lowest BCUT2D eigenvalue weighted by Crippen LogP contribution is -2.19. The van der Waals surface area contributed by atoms with Crippen molar-refractivity contribution < 1.29 is 4.74 Å². The van der Waals surface area contributed by atoms with Gasteiger partial charge in [0.1, 0.15) is 23.2 Å². The number of fused-ring (bicyclic) bond motifs is 1. The molecule has 8 nitrogen and oxygen atoms in total. The average molecular weight is 423 g/mol. The van der Waals surface area contributed by atoms with Gasteiger partial charge >= 0.3 is 0 Å². The highest BCUT2D eigenvalue weighted by Gasteiger charge is 2.12. The van der Waals surface area contributed by atoms with Crippen molar-refractivity contribution in [1.29, 1.82) is 0 Å². The third kappa shape index (κ3) is 3.56. The van der Waals surface area contributed by atoms with E-state index in [1.54, 1.807) is 6.20 Å². The number of hydrogen-bond acceptors (Lipinski definition) is 7. The van der Waals surface area contributed by atoms with E-state index in [9.17, 15) is 0 Å². The number of rotatable bonds is 5. The first kappa shape index (κ1) is 18.6. The number of aromatic amines is 1. The second kappa shape index (κ2) is 7.81. The molecule has 4 heterocycles. The Balaban J connectivity index is 1.19. The van der Waals surface area contributed by atoms with Crippen LogP contribution in [0.25, 0.3) is 22.4 Å². The van der Waals surface area contributed by atoms with Crippen LogP contribution in [0.5, 0.6) is 11.6 Å². The Bertz CT molecular complexity index is 1340. The highest BCUT2D eigenvalue weighted by molar-refractivity contribution is 6.02. The van der Waals surface area contributed by atoms with E-state index in [1.807, 2.05) is 48.5 Å². The van der Waals surface area contributed by atoms with Crippen LogP contribution < -0.4 is 15.4 Å². The Labute approximate surface area is 184 Å². The van der Waals surface area contributed by atoms with Crippen molar-refractivity contribution in [1.82, 2.24) is 25.6 Å². The van der Waals surface area contributed by atoms with E-state index in [1.165, 1.54) is 0 Å². The topological polar surface area (TPSA) is 99.6 Å². The van der Waals surface area contributed by atoms with Crippen molar-refractivity contribution in [3.63, 3.8) is 0 Å². The van der Waals surface area contributed by atoms with Crippen molar-refractivity contribution in [3.05, 3.63) is 71.9 Å². The summed E-state index contributed by atoms with van der Waals surface area (Å²) in [5.74, 6) is 3.90. The number of benzene rings is 2. The number of aliphatic imine (C=N–C) groups is 2. The number of pyridine rings is 1. The number of ether oxygens (including phenoxy) is 1. The molecular weight excluding hydrogens is 402 g/mol. The van der Waals surface area contributed by atoms with Gasteiger partial charge in [-0.15, -0.1) is 0 Å². The minimum Gasteiger partial charge on any atom is -0.439 e. The minimum absolute atomic E-state index is 0.529. The van der Waals surface area contributed by atoms with E-state index in [4.69, 9.17) is 9.72 Å². The highest BCUT2D eigenvalue weighted by Crippen LogP contribution is 2.25. The molecule has 4 aromatic rings. The highest BCUT2D eigenvalue weighted by atomic mass is 16.5. The standard InChI is InChI=1S/C24H21N7O/c1-5-18(6-2-15(1)22-25-9-10-26-22)32-21-8-4-17(14-29-21)24-30-19-7-3-16(13-20(19)31-24)23-27-11-12-28-23/h1-8,13-14H,9-12H2,(H,25,26)(H,27,28)(H,30,31). The van der Waals surface area contributed by atoms with Crippen LogP contribution in [0.2, 0.25) is 0 Å². The molecular formula is C24H21N7O. The van der Waals surface area contributed by atoms with Crippen LogP contribution in [-0.4, -0.2) is 52.8 Å². The van der Waals surface area contributed by atoms with E-state index in [0.29, 0.717) is 5.88 Å². The molecule has 0 saturated carbocycles. The summed E-state index contributed by atoms with van der Waals surface area (Å²) in [6.07, 6.45) is 1.77. The van der Waals surface area contributed by atoms with Crippen LogP contribution in [0, 0.1) is 0 Å². The molecule has 0 aliphatic carbocycles. The lowest BCUT2D eigenvalue weighted by Gasteiger charge is -2.07. The van der Waals surface area contributed by atoms with Gasteiger partial charge in [0.05, 0.1) is 24.1 Å². The zero-order valence-electron chi connectivity index (χ0n) is 17.3. The average Bonchev–Trinajstić information content (AvgIpc) is 3.61. The predicted molar refractivity (Wildman–Crippen MR) is 125 cm³/mol. The number of H-pyrrole nitrogens is 1. The molecule has 6 rings (SSSR count). The summed E-state index contributed by atoms with van der Waals surface area (Å²) in [5.41, 5.74) is 4.89. The van der Waals surface area contributed by atoms with E-state index < -0.39 is 0 Å². The van der Waals surface area contributed by atoms with Crippen LogP contribution in [0.15, 0.2) is 70.8 Å². The smallest absolute Gasteiger partial charge is 0.219 e. The van der Waals surface area contributed by atoms with Gasteiger partial charge in [0, 0.05) is 42.0 Å². The van der Waals surface area contributed by atoms with Crippen molar-refractivity contribution in [2.24, 2.45) is 9.98 Å². The third-order valence-electron chi connectivity index (χ3n) is 5.46. The molecule has 0 saturated heterocycles. The molecule has 2 aromatic heterocycles. The first-order valence-corrected chi connectivity index (χ1v) is 10.6. The summed E-state index contributed by atoms with van der Waals surface area (Å²) < 4.78 is 5.90. The maximum absolute atomic E-state index is 5.90. The van der Waals surface area contributed by atoms with Crippen molar-refractivity contribution in [2.45, 2.75) is 0 Å². The Morgan fingerprint density at radius 1 is 0.750 bits per heavy atom. The fourth-order valence-electron chi connectivity index (χ4n) is 3.86. The molecule has 2 aromatic carbocycles. The number of nitrogens with zero attached hydrogens (tertiary/aromatic N) is 4. The van der Waals surface area contributed by atoms with Gasteiger partial charge < -0.3 is 20.4 Å². The summed E-state index contributed by atoms with van der Waals surface area (Å²) in [6.45, 7) is 3.42. The molecule has 0 radical (unpaired) electrons. The quantitative estimate of drug-likeness (QED) is 0.458. The number of nitrogens with one attached hydrogen (secondary N) is 3. The third-order valence-corrected chi connectivity index (χ3v) is 5.46. The van der Waals surface area contributed by atoms with Gasteiger partial charge in [0.25, 0.3) is 0 Å². The zero-order chi connectivity index (χ0) is 21.3. The van der Waals surface area contributed by atoms with Gasteiger partial charge in [-0.3, -0.25) is 9.98 Å². The van der Waals surface area contributed by atoms with Crippen LogP contribution in [0.1, 0.15) is 11.1 Å². The maximum Gasteiger partial charge on any atom is 0.219 e. The molecule has 3 N–H and O–H groups in total. The van der Waals surface area contributed by atoms with E-state index >= 15 is 0 Å². The second-order valence-corrected chi connectivity index (χ2v) is 7.64. The fraction of sp³-hybridized carbons (Fsp3) is 0.167. The second-order valence-electron chi connectivity index (χ2n) is 7.64. The number of amidine groups is 2. The van der Waals surface area contributed by atoms with Crippen molar-refractivity contribution in [2.75, 3.05) is 26.2 Å². The van der Waals surface area contributed by atoms with Gasteiger partial charge in [0.2, 0.25) is 5.88 Å². The molecule has 32 heavy (non-hydrogen) atoms. The summed E-state index contributed by atoms with van der Waals surface area (Å²) in [6, 6.07) is 17.8. The van der Waals surface area contributed by atoms with Crippen LogP contribution >= 0.6 is 0 Å². The van der Waals surface area contributed by atoms with Crippen molar-refractivity contribution >= 4 is 22.7 Å². The number of hydrogen-bond donors (Lipinski definition) is 3. The molecule has 0 atom stereocenters. The van der Waals surface area contributed by atoms with Crippen molar-refractivity contribution in [3.8, 4) is 23.0 Å². The zero-order valence-corrected chi connectivity index (χ0v) is 17.3. The van der Waals surface area contributed by atoms with Gasteiger partial charge in [0.15, 0.2) is 0 Å². The Morgan fingerprint density at radius 3 is 2.16 bits per heavy atom. The monoisotopic (exact) mass is 423 g/mol. The Kier molecular flexibility index (Phi) is 4.53. The molecule has 2 aliphatic heterocycles. The van der Waals surface area contributed by atoms with Gasteiger partial charge in [-0.1, -0.05) is 0 Å². The summed E-state index contributed by atoms with van der Waals surface area (Å²) in [7, 11) is 0. The first-order chi connectivity index (χ1) is 15.8. The SMILES string of the molecule is c1cc(C2=NCCN2)ccc1Oc1ccc(-c2nc3ccc(C4=NCCN4)cc3[nH]2)cn1. The van der Waals surface area contributed by atoms with Gasteiger partial charge in [-0.05, 0) is 48.5 Å². The van der Waals surface area contributed by atoms with E-state index in [2.05, 4.69) is 36.7 Å². The predicted octanol–water partition coefficient (Wildman–Crippen LogP) is 3.12. The minimum atomic E-state index is 0.529. The van der Waals surface area contributed by atoms with E-state index in [0.717, 1.165) is 77.1 Å². The van der Waals surface area contributed by atoms with Crippen LogP contribution in [-0.2, 0) is 0 Å². The lowest BCUT2D eigenvalue weighted by molar-refractivity contribution is 0.463. The molecule has 2 aliphatic rings. The largest absolute Gasteiger partial charge is 0.439 e. The van der Waals surface area contributed by atoms with Gasteiger partial charge in [-0.2, -0.15) is 0 Å². The summed E-state index contributed by atoms with van der Waals surface area (Å²) in [4.78, 5) is 21.5. The summed E-state index contributed by atoms with van der Waals surface area (Å²) in [5, 5.41) is 6.57. The van der Waals surface area contributed by atoms with E-state index in [-0.39, 0.29) is 0 Å². The van der Waals surface area contributed by atoms with Gasteiger partial charge in [-0.25, -0.2) is 9.97 Å². The van der Waals surface area contributed by atoms with Crippen LogP contribution in [0.4, 0.5) is 0 Å². The van der Waals surface area contributed by atoms with Crippen LogP contribution in [0.3, 0.4) is 0 Å². The Morgan fingerprint density at radius 2 is 1.47 bits per heavy atom. The molecule has 0 fully saturated rings. The lowest BCUT2D eigenvalue weighted by atomic mass is 10.2. The molecule has 8 heteroatoms. The number of imidazole rings is 1. The normalized spacial score (nSPS) is 15.2. The maximum atomic E-state index is 5.90.